The topological polar surface area (TPSA) is 62.7 Å². The van der Waals surface area contributed by atoms with E-state index in [1.807, 2.05) is 60.9 Å². The Morgan fingerprint density at radius 3 is 1.56 bits per heavy atom. The van der Waals surface area contributed by atoms with E-state index in [1.54, 1.807) is 12.4 Å². The van der Waals surface area contributed by atoms with Gasteiger partial charge in [0.25, 0.3) is 0 Å². The maximum absolute atomic E-state index is 9.86. The number of rotatable bonds is 5. The molecule has 0 amide bonds. The van der Waals surface area contributed by atoms with E-state index in [0.29, 0.717) is 5.56 Å². The number of hydrogen-bond donors (Lipinski definition) is 0. The second kappa shape index (κ2) is 11.1. The van der Waals surface area contributed by atoms with Crippen molar-refractivity contribution >= 4 is 21.9 Å². The van der Waals surface area contributed by atoms with Crippen LogP contribution < -0.4 is 0 Å². The highest BCUT2D eigenvalue weighted by atomic mass is 16.3. The summed E-state index contributed by atoms with van der Waals surface area (Å²) in [5, 5.41) is 12.0. The lowest BCUT2D eigenvalue weighted by Crippen LogP contribution is -1.88. The van der Waals surface area contributed by atoms with Crippen LogP contribution >= 0.6 is 0 Å². The molecule has 3 heterocycles. The quantitative estimate of drug-likeness (QED) is 0.205. The van der Waals surface area contributed by atoms with Gasteiger partial charge in [0.15, 0.2) is 0 Å². The second-order valence-electron chi connectivity index (χ2n) is 11.0. The summed E-state index contributed by atoms with van der Waals surface area (Å²) >= 11 is 0. The molecule has 3 aromatic heterocycles. The third-order valence-electron chi connectivity index (χ3n) is 8.31. The molecule has 0 saturated carbocycles. The summed E-state index contributed by atoms with van der Waals surface area (Å²) in [6.07, 6.45) is 7.36. The summed E-state index contributed by atoms with van der Waals surface area (Å²) in [5.74, 6) is 0. The zero-order valence-corrected chi connectivity index (χ0v) is 24.2. The number of nitrogens with zero attached hydrogens (tertiary/aromatic N) is 3. The Labute approximate surface area is 260 Å². The molecule has 0 N–H and O–H groups in total. The molecular formula is C41H25N3O. The normalized spacial score (nSPS) is 11.1. The monoisotopic (exact) mass is 575 g/mol. The van der Waals surface area contributed by atoms with Gasteiger partial charge in [-0.2, -0.15) is 5.26 Å². The van der Waals surface area contributed by atoms with Crippen LogP contribution in [0.4, 0.5) is 0 Å². The summed E-state index contributed by atoms with van der Waals surface area (Å²) in [6, 6.07) is 45.6. The van der Waals surface area contributed by atoms with Crippen molar-refractivity contribution in [2.75, 3.05) is 0 Å². The van der Waals surface area contributed by atoms with Crippen molar-refractivity contribution in [1.82, 2.24) is 9.97 Å². The van der Waals surface area contributed by atoms with Crippen LogP contribution in [0.1, 0.15) is 5.56 Å². The van der Waals surface area contributed by atoms with Gasteiger partial charge in [0, 0.05) is 63.4 Å². The van der Waals surface area contributed by atoms with Crippen molar-refractivity contribution in [3.63, 3.8) is 0 Å². The first kappa shape index (κ1) is 26.3. The fourth-order valence-corrected chi connectivity index (χ4v) is 6.21. The van der Waals surface area contributed by atoms with Crippen molar-refractivity contribution in [3.05, 3.63) is 158 Å². The standard InChI is InChI=1S/C41H25N3O/c42-24-27-9-1-2-12-33(27)35-13-3-4-14-36(35)37-16-6-18-39-38-17-5-15-34(40(38)45-41(37)39)32-22-30(28-10-7-19-43-25-28)21-31(23-32)29-11-8-20-44-26-29/h1-23,25-26H. The van der Waals surface area contributed by atoms with Gasteiger partial charge in [-0.15, -0.1) is 0 Å². The summed E-state index contributed by atoms with van der Waals surface area (Å²) < 4.78 is 6.87. The second-order valence-corrected chi connectivity index (χ2v) is 11.0. The highest BCUT2D eigenvalue weighted by molar-refractivity contribution is 6.14. The number of fused-ring (bicyclic) bond motifs is 3. The van der Waals surface area contributed by atoms with Crippen LogP contribution in [0.25, 0.3) is 77.6 Å². The number of para-hydroxylation sites is 2. The Balaban J connectivity index is 1.36. The van der Waals surface area contributed by atoms with Gasteiger partial charge in [0.1, 0.15) is 11.2 Å². The maximum Gasteiger partial charge on any atom is 0.143 e. The predicted molar refractivity (Wildman–Crippen MR) is 181 cm³/mol. The van der Waals surface area contributed by atoms with E-state index in [1.165, 1.54) is 0 Å². The fraction of sp³-hybridized carbons (Fsp3) is 0. The molecule has 5 aromatic carbocycles. The number of pyridine rings is 2. The summed E-state index contributed by atoms with van der Waals surface area (Å²) in [7, 11) is 0. The van der Waals surface area contributed by atoms with E-state index in [9.17, 15) is 5.26 Å². The Bertz CT molecular complexity index is 2330. The average Bonchev–Trinajstić information content (AvgIpc) is 3.51. The van der Waals surface area contributed by atoms with Gasteiger partial charge in [-0.3, -0.25) is 9.97 Å². The molecule has 0 unspecified atom stereocenters. The van der Waals surface area contributed by atoms with Crippen molar-refractivity contribution in [1.29, 1.82) is 5.26 Å². The van der Waals surface area contributed by atoms with Gasteiger partial charge < -0.3 is 4.42 Å². The largest absolute Gasteiger partial charge is 0.455 e. The van der Waals surface area contributed by atoms with Gasteiger partial charge in [-0.1, -0.05) is 91.0 Å². The minimum absolute atomic E-state index is 0.641. The van der Waals surface area contributed by atoms with Crippen LogP contribution in [0.3, 0.4) is 0 Å². The molecule has 4 heteroatoms. The summed E-state index contributed by atoms with van der Waals surface area (Å²) in [5.41, 5.74) is 12.5. The van der Waals surface area contributed by atoms with E-state index in [4.69, 9.17) is 4.42 Å². The van der Waals surface area contributed by atoms with Crippen LogP contribution in [-0.2, 0) is 0 Å². The van der Waals surface area contributed by atoms with E-state index < -0.39 is 0 Å². The van der Waals surface area contributed by atoms with Crippen molar-refractivity contribution in [2.24, 2.45) is 0 Å². The lowest BCUT2D eigenvalue weighted by molar-refractivity contribution is 0.671. The molecule has 0 aliphatic rings. The van der Waals surface area contributed by atoms with Gasteiger partial charge in [-0.25, -0.2) is 0 Å². The van der Waals surface area contributed by atoms with Gasteiger partial charge in [-0.05, 0) is 64.2 Å². The third kappa shape index (κ3) is 4.64. The molecule has 4 nitrogen and oxygen atoms in total. The lowest BCUT2D eigenvalue weighted by Gasteiger charge is -2.12. The highest BCUT2D eigenvalue weighted by Crippen LogP contribution is 2.43. The van der Waals surface area contributed by atoms with E-state index >= 15 is 0 Å². The number of benzene rings is 5. The van der Waals surface area contributed by atoms with Crippen molar-refractivity contribution in [3.8, 4) is 61.7 Å². The first-order valence-corrected chi connectivity index (χ1v) is 14.8. The minimum Gasteiger partial charge on any atom is -0.455 e. The van der Waals surface area contributed by atoms with Crippen molar-refractivity contribution in [2.45, 2.75) is 0 Å². The zero-order chi connectivity index (χ0) is 30.2. The number of furan rings is 1. The molecule has 210 valence electrons. The molecule has 0 bridgehead atoms. The lowest BCUT2D eigenvalue weighted by atomic mass is 9.91. The Morgan fingerprint density at radius 1 is 0.444 bits per heavy atom. The molecule has 0 spiro atoms. The first-order valence-electron chi connectivity index (χ1n) is 14.8. The molecule has 0 aliphatic heterocycles. The molecule has 0 radical (unpaired) electrons. The average molecular weight is 576 g/mol. The van der Waals surface area contributed by atoms with Gasteiger partial charge >= 0.3 is 0 Å². The summed E-state index contributed by atoms with van der Waals surface area (Å²) in [4.78, 5) is 8.75. The molecule has 0 atom stereocenters. The van der Waals surface area contributed by atoms with Gasteiger partial charge in [0.05, 0.1) is 11.6 Å². The number of hydrogen-bond acceptors (Lipinski definition) is 4. The maximum atomic E-state index is 9.86. The predicted octanol–water partition coefficient (Wildman–Crippen LogP) is 10.6. The molecule has 0 fully saturated rings. The molecule has 8 aromatic rings. The zero-order valence-electron chi connectivity index (χ0n) is 24.2. The Hall–Kier alpha value is -6.31. The molecule has 45 heavy (non-hydrogen) atoms. The van der Waals surface area contributed by atoms with Crippen LogP contribution in [0.2, 0.25) is 0 Å². The van der Waals surface area contributed by atoms with Crippen LogP contribution in [-0.4, -0.2) is 9.97 Å². The highest BCUT2D eigenvalue weighted by Gasteiger charge is 2.19. The number of aromatic nitrogens is 2. The first-order chi connectivity index (χ1) is 22.3. The van der Waals surface area contributed by atoms with Crippen LogP contribution in [0, 0.1) is 11.3 Å². The molecular weight excluding hydrogens is 550 g/mol. The minimum atomic E-state index is 0.641. The van der Waals surface area contributed by atoms with Gasteiger partial charge in [0.2, 0.25) is 0 Å². The summed E-state index contributed by atoms with van der Waals surface area (Å²) in [6.45, 7) is 0. The van der Waals surface area contributed by atoms with E-state index in [2.05, 4.69) is 94.9 Å². The van der Waals surface area contributed by atoms with Crippen molar-refractivity contribution < 1.29 is 4.42 Å². The van der Waals surface area contributed by atoms with Crippen LogP contribution in [0.5, 0.6) is 0 Å². The van der Waals surface area contributed by atoms with E-state index in [0.717, 1.165) is 77.6 Å². The Kier molecular flexibility index (Phi) is 6.48. The third-order valence-corrected chi connectivity index (χ3v) is 8.31. The molecule has 8 rings (SSSR count). The smallest absolute Gasteiger partial charge is 0.143 e. The molecule has 0 aliphatic carbocycles. The number of nitriles is 1. The van der Waals surface area contributed by atoms with E-state index in [-0.39, 0.29) is 0 Å². The SMILES string of the molecule is N#Cc1ccccc1-c1ccccc1-c1cccc2c1oc1c(-c3cc(-c4cccnc4)cc(-c4cccnc4)c3)cccc12. The van der Waals surface area contributed by atoms with Crippen LogP contribution in [0.15, 0.2) is 157 Å². The molecule has 0 saturated heterocycles. The Morgan fingerprint density at radius 2 is 0.956 bits per heavy atom. The fourth-order valence-electron chi connectivity index (χ4n) is 6.21.